The Morgan fingerprint density at radius 2 is 1.74 bits per heavy atom. The van der Waals surface area contributed by atoms with Gasteiger partial charge in [-0.15, -0.1) is 0 Å². The number of esters is 1. The fourth-order valence-corrected chi connectivity index (χ4v) is 8.03. The standard InChI is InChI=1S/C28H42O9.Ac/c1-13(16(4)29)24(31)37-17-11-28(33)15(3)22-26(7,18(34-8)10-19-27(22,32)12-36-19)23(30)21(35-9)20(14(17)2)25(28,5)6;/h13,15,17-19,21-22,32-33H,10-12H2,1-9H3;/t13?,15-,17?,18?,19?,21?,22?,26+,27-,28?;/m0./s1. The van der Waals surface area contributed by atoms with Crippen LogP contribution in [-0.4, -0.2) is 84.2 Å². The Balaban J connectivity index is 0.00000400. The summed E-state index contributed by atoms with van der Waals surface area (Å²) >= 11 is 0. The van der Waals surface area contributed by atoms with Gasteiger partial charge in [0.15, 0.2) is 5.78 Å². The molecule has 3 fully saturated rings. The third-order valence-electron chi connectivity index (χ3n) is 10.5. The topological polar surface area (TPSA) is 129 Å². The molecule has 10 atom stereocenters. The van der Waals surface area contributed by atoms with Crippen LogP contribution < -0.4 is 0 Å². The zero-order chi connectivity index (χ0) is 27.9. The summed E-state index contributed by atoms with van der Waals surface area (Å²) in [7, 11) is 2.99. The zero-order valence-electron chi connectivity index (χ0n) is 24.0. The van der Waals surface area contributed by atoms with Crippen molar-refractivity contribution < 1.29 is 87.6 Å². The molecule has 7 unspecified atom stereocenters. The van der Waals surface area contributed by atoms with E-state index < -0.39 is 70.2 Å². The summed E-state index contributed by atoms with van der Waals surface area (Å²) in [4.78, 5) is 39.2. The van der Waals surface area contributed by atoms with Gasteiger partial charge in [-0.1, -0.05) is 20.8 Å². The number of Topliss-reactive ketones (excluding diaryl/α,β-unsaturated/α-hetero) is 2. The van der Waals surface area contributed by atoms with Crippen molar-refractivity contribution in [3.05, 3.63) is 11.1 Å². The van der Waals surface area contributed by atoms with Crippen molar-refractivity contribution in [1.82, 2.24) is 0 Å². The number of ether oxygens (including phenoxy) is 4. The number of carbonyl (C=O) groups is 3. The number of hydrogen-bond donors (Lipinski definition) is 2. The molecule has 0 aromatic rings. The summed E-state index contributed by atoms with van der Waals surface area (Å²) < 4.78 is 23.3. The molecule has 2 N–H and O–H groups in total. The van der Waals surface area contributed by atoms with Crippen molar-refractivity contribution >= 4 is 17.5 Å². The van der Waals surface area contributed by atoms with E-state index >= 15 is 0 Å². The van der Waals surface area contributed by atoms with Gasteiger partial charge in [-0.05, 0) is 44.8 Å². The molecule has 0 spiro atoms. The SMILES string of the molecule is COC1C(=O)[C@]2(C)C(OC)CC3OC[C@@]3(O)C2[C@H](C)C2(O)CC(OC(=O)C(C)C(C)=O)C(C)=C1C2(C)C.[Ac]. The molecular weight excluding hydrogens is 707 g/mol. The minimum absolute atomic E-state index is 0. The molecule has 2 bridgehead atoms. The Kier molecular flexibility index (Phi) is 8.98. The predicted molar refractivity (Wildman–Crippen MR) is 132 cm³/mol. The number of methoxy groups -OCH3 is 2. The van der Waals surface area contributed by atoms with Crippen molar-refractivity contribution in [2.75, 3.05) is 20.8 Å². The quantitative estimate of drug-likeness (QED) is 0.247. The van der Waals surface area contributed by atoms with E-state index in [9.17, 15) is 24.6 Å². The largest absolute Gasteiger partial charge is 0.457 e. The molecule has 9 nitrogen and oxygen atoms in total. The molecule has 211 valence electrons. The molecule has 3 aliphatic carbocycles. The normalized spacial score (nSPS) is 44.3. The second-order valence-electron chi connectivity index (χ2n) is 12.4. The minimum Gasteiger partial charge on any atom is -0.457 e. The smallest absolute Gasteiger partial charge is 0.316 e. The van der Waals surface area contributed by atoms with E-state index in [0.29, 0.717) is 17.6 Å². The molecule has 1 radical (unpaired) electrons. The summed E-state index contributed by atoms with van der Waals surface area (Å²) in [6.45, 7) is 12.1. The van der Waals surface area contributed by atoms with Crippen molar-refractivity contribution in [1.29, 1.82) is 0 Å². The van der Waals surface area contributed by atoms with Crippen molar-refractivity contribution in [3.63, 3.8) is 0 Å². The maximum atomic E-state index is 14.6. The molecule has 38 heavy (non-hydrogen) atoms. The molecule has 0 amide bonds. The number of fused-ring (bicyclic) bond motifs is 5. The van der Waals surface area contributed by atoms with Crippen LogP contribution in [0.5, 0.6) is 0 Å². The van der Waals surface area contributed by atoms with E-state index in [1.807, 2.05) is 27.7 Å². The van der Waals surface area contributed by atoms with Gasteiger partial charge in [-0.3, -0.25) is 14.4 Å². The maximum absolute atomic E-state index is 14.6. The average Bonchev–Trinajstić information content (AvgIpc) is 2.82. The van der Waals surface area contributed by atoms with Crippen LogP contribution in [-0.2, 0) is 33.3 Å². The van der Waals surface area contributed by atoms with Crippen molar-refractivity contribution in [2.24, 2.45) is 28.6 Å². The summed E-state index contributed by atoms with van der Waals surface area (Å²) in [6, 6.07) is 0. The molecule has 0 aromatic carbocycles. The average molecular weight is 750 g/mol. The second-order valence-corrected chi connectivity index (χ2v) is 12.4. The molecule has 1 heterocycles. The van der Waals surface area contributed by atoms with Gasteiger partial charge >= 0.3 is 5.97 Å². The molecule has 4 aliphatic rings. The van der Waals surface area contributed by atoms with Crippen LogP contribution in [0.15, 0.2) is 11.1 Å². The Morgan fingerprint density at radius 3 is 2.21 bits per heavy atom. The maximum Gasteiger partial charge on any atom is 0.316 e. The van der Waals surface area contributed by atoms with E-state index in [-0.39, 0.29) is 68.7 Å². The number of hydrogen-bond acceptors (Lipinski definition) is 9. The fraction of sp³-hybridized carbons (Fsp3) is 0.821. The summed E-state index contributed by atoms with van der Waals surface area (Å²) in [5, 5.41) is 24.6. The molecule has 4 rings (SSSR count). The predicted octanol–water partition coefficient (Wildman–Crippen LogP) is 2.01. The Morgan fingerprint density at radius 1 is 1.13 bits per heavy atom. The van der Waals surface area contributed by atoms with E-state index in [0.717, 1.165) is 0 Å². The van der Waals surface area contributed by atoms with Gasteiger partial charge in [0, 0.05) is 82.5 Å². The molecule has 10 heteroatoms. The van der Waals surface area contributed by atoms with E-state index in [4.69, 9.17) is 18.9 Å². The Labute approximate surface area is 260 Å². The molecular formula is C28H42AcO9. The van der Waals surface area contributed by atoms with Crippen LogP contribution in [0.3, 0.4) is 0 Å². The number of rotatable bonds is 5. The second kappa shape index (κ2) is 10.6. The van der Waals surface area contributed by atoms with Crippen molar-refractivity contribution in [2.45, 2.75) is 96.9 Å². The van der Waals surface area contributed by atoms with Crippen LogP contribution >= 0.6 is 0 Å². The molecule has 1 aliphatic heterocycles. The summed E-state index contributed by atoms with van der Waals surface area (Å²) in [5.74, 6) is -3.55. The van der Waals surface area contributed by atoms with Crippen LogP contribution in [0.2, 0.25) is 0 Å². The first-order chi connectivity index (χ1) is 17.0. The van der Waals surface area contributed by atoms with Gasteiger partial charge in [0.1, 0.15) is 29.5 Å². The van der Waals surface area contributed by atoms with Gasteiger partial charge in [-0.2, -0.15) is 0 Å². The van der Waals surface area contributed by atoms with Crippen LogP contribution in [0.1, 0.15) is 61.3 Å². The van der Waals surface area contributed by atoms with E-state index in [1.165, 1.54) is 21.0 Å². The fourth-order valence-electron chi connectivity index (χ4n) is 8.03. The Bertz CT molecular complexity index is 1040. The van der Waals surface area contributed by atoms with Gasteiger partial charge in [0.25, 0.3) is 0 Å². The Hall–Kier alpha value is -0.208. The molecule has 2 saturated carbocycles. The monoisotopic (exact) mass is 749 g/mol. The third kappa shape index (κ3) is 4.18. The zero-order valence-corrected chi connectivity index (χ0v) is 28.7. The van der Waals surface area contributed by atoms with Crippen LogP contribution in [0.4, 0.5) is 0 Å². The first-order valence-electron chi connectivity index (χ1n) is 13.1. The van der Waals surface area contributed by atoms with Gasteiger partial charge in [0.2, 0.25) is 0 Å². The number of aliphatic hydroxyl groups is 2. The third-order valence-corrected chi connectivity index (χ3v) is 10.5. The first-order valence-corrected chi connectivity index (χ1v) is 13.1. The molecule has 1 saturated heterocycles. The number of ketones is 2. The van der Waals surface area contributed by atoms with Crippen LogP contribution in [0, 0.1) is 72.6 Å². The van der Waals surface area contributed by atoms with Gasteiger partial charge in [-0.25, -0.2) is 0 Å². The first kappa shape index (κ1) is 32.3. The number of carbonyl (C=O) groups excluding carboxylic acids is 3. The van der Waals surface area contributed by atoms with Crippen molar-refractivity contribution in [3.8, 4) is 0 Å². The molecule has 0 aromatic heterocycles. The van der Waals surface area contributed by atoms with Gasteiger partial charge in [0.05, 0.1) is 29.8 Å². The minimum atomic E-state index is -1.51. The van der Waals surface area contributed by atoms with Gasteiger partial charge < -0.3 is 29.2 Å². The van der Waals surface area contributed by atoms with Crippen LogP contribution in [0.25, 0.3) is 0 Å². The summed E-state index contributed by atoms with van der Waals surface area (Å²) in [6.07, 6.45) is -2.63. The van der Waals surface area contributed by atoms with E-state index in [2.05, 4.69) is 0 Å². The van der Waals surface area contributed by atoms with E-state index in [1.54, 1.807) is 14.0 Å². The summed E-state index contributed by atoms with van der Waals surface area (Å²) in [5.41, 5.74) is -3.83.